The number of carbonyl (C=O) groups excluding carboxylic acids is 1. The maximum absolute atomic E-state index is 12.4. The van der Waals surface area contributed by atoms with Crippen molar-refractivity contribution in [3.8, 4) is 5.75 Å². The first kappa shape index (κ1) is 16.5. The SMILES string of the molecule is C[C@@H](NC(=O)[C@H]1Cc2ccccc2O1)c1ccc(S(N)(=O)=O)cc1. The van der Waals surface area contributed by atoms with Crippen molar-refractivity contribution in [3.63, 3.8) is 0 Å². The van der Waals surface area contributed by atoms with Gasteiger partial charge in [-0.3, -0.25) is 4.79 Å². The summed E-state index contributed by atoms with van der Waals surface area (Å²) in [7, 11) is -3.72. The van der Waals surface area contributed by atoms with Crippen molar-refractivity contribution in [1.82, 2.24) is 5.32 Å². The molecule has 0 radical (unpaired) electrons. The van der Waals surface area contributed by atoms with Crippen molar-refractivity contribution in [2.75, 3.05) is 0 Å². The van der Waals surface area contributed by atoms with Gasteiger partial charge >= 0.3 is 0 Å². The van der Waals surface area contributed by atoms with Gasteiger partial charge in [0.25, 0.3) is 5.91 Å². The average Bonchev–Trinajstić information content (AvgIpc) is 2.98. The summed E-state index contributed by atoms with van der Waals surface area (Å²) in [6, 6.07) is 13.4. The second-order valence-corrected chi connectivity index (χ2v) is 7.32. The Morgan fingerprint density at radius 1 is 1.21 bits per heavy atom. The van der Waals surface area contributed by atoms with E-state index < -0.39 is 16.1 Å². The van der Waals surface area contributed by atoms with Crippen LogP contribution in [0.25, 0.3) is 0 Å². The van der Waals surface area contributed by atoms with Crippen molar-refractivity contribution in [1.29, 1.82) is 0 Å². The minimum Gasteiger partial charge on any atom is -0.480 e. The van der Waals surface area contributed by atoms with Crippen molar-refractivity contribution in [2.45, 2.75) is 30.4 Å². The quantitative estimate of drug-likeness (QED) is 0.877. The molecule has 3 rings (SSSR count). The summed E-state index contributed by atoms with van der Waals surface area (Å²) >= 11 is 0. The largest absolute Gasteiger partial charge is 0.480 e. The van der Waals surface area contributed by atoms with E-state index in [4.69, 9.17) is 9.88 Å². The second kappa shape index (κ2) is 6.26. The van der Waals surface area contributed by atoms with Crippen LogP contribution in [0.1, 0.15) is 24.1 Å². The molecule has 1 aliphatic heterocycles. The fraction of sp³-hybridized carbons (Fsp3) is 0.235. The number of nitrogens with one attached hydrogen (secondary N) is 1. The molecule has 3 N–H and O–H groups in total. The van der Waals surface area contributed by atoms with Gasteiger partial charge in [0, 0.05) is 6.42 Å². The highest BCUT2D eigenvalue weighted by molar-refractivity contribution is 7.89. The summed E-state index contributed by atoms with van der Waals surface area (Å²) in [5.74, 6) is 0.539. The minimum absolute atomic E-state index is 0.0411. The first-order chi connectivity index (χ1) is 11.3. The highest BCUT2D eigenvalue weighted by atomic mass is 32.2. The second-order valence-electron chi connectivity index (χ2n) is 5.76. The number of hydrogen-bond acceptors (Lipinski definition) is 4. The van der Waals surface area contributed by atoms with E-state index in [0.717, 1.165) is 16.9 Å². The molecule has 1 amide bonds. The predicted molar refractivity (Wildman–Crippen MR) is 88.9 cm³/mol. The molecular weight excluding hydrogens is 328 g/mol. The number of amides is 1. The molecule has 7 heteroatoms. The van der Waals surface area contributed by atoms with E-state index in [1.807, 2.05) is 31.2 Å². The molecule has 1 heterocycles. The zero-order valence-corrected chi connectivity index (χ0v) is 13.9. The van der Waals surface area contributed by atoms with Crippen LogP contribution < -0.4 is 15.2 Å². The summed E-state index contributed by atoms with van der Waals surface area (Å²) in [6.45, 7) is 1.83. The summed E-state index contributed by atoms with van der Waals surface area (Å²) in [6.07, 6.45) is -0.00689. The van der Waals surface area contributed by atoms with E-state index in [-0.39, 0.29) is 16.8 Å². The molecule has 126 valence electrons. The monoisotopic (exact) mass is 346 g/mol. The number of hydrogen-bond donors (Lipinski definition) is 2. The van der Waals surface area contributed by atoms with Gasteiger partial charge in [0.05, 0.1) is 10.9 Å². The number of fused-ring (bicyclic) bond motifs is 1. The number of rotatable bonds is 4. The smallest absolute Gasteiger partial charge is 0.261 e. The van der Waals surface area contributed by atoms with Crippen LogP contribution in [0.15, 0.2) is 53.4 Å². The topological polar surface area (TPSA) is 98.5 Å². The van der Waals surface area contributed by atoms with Gasteiger partial charge in [-0.05, 0) is 36.2 Å². The molecule has 0 saturated heterocycles. The Hall–Kier alpha value is -2.38. The summed E-state index contributed by atoms with van der Waals surface area (Å²) < 4.78 is 28.2. The van der Waals surface area contributed by atoms with Crippen LogP contribution in [0.5, 0.6) is 5.75 Å². The number of para-hydroxylation sites is 1. The Bertz CT molecular complexity index is 837. The number of nitrogens with two attached hydrogens (primary N) is 1. The Morgan fingerprint density at radius 3 is 2.50 bits per heavy atom. The van der Waals surface area contributed by atoms with Gasteiger partial charge < -0.3 is 10.1 Å². The Labute approximate surface area is 140 Å². The molecule has 0 aromatic heterocycles. The van der Waals surface area contributed by atoms with E-state index >= 15 is 0 Å². The van der Waals surface area contributed by atoms with Crippen molar-refractivity contribution < 1.29 is 17.9 Å². The molecule has 2 aromatic carbocycles. The zero-order chi connectivity index (χ0) is 17.3. The molecule has 0 spiro atoms. The highest BCUT2D eigenvalue weighted by Gasteiger charge is 2.29. The van der Waals surface area contributed by atoms with Gasteiger partial charge in [-0.25, -0.2) is 13.6 Å². The van der Waals surface area contributed by atoms with Crippen LogP contribution in [0.4, 0.5) is 0 Å². The fourth-order valence-corrected chi connectivity index (χ4v) is 3.18. The zero-order valence-electron chi connectivity index (χ0n) is 13.1. The van der Waals surface area contributed by atoms with Crippen LogP contribution in [-0.2, 0) is 21.2 Å². The molecule has 0 saturated carbocycles. The van der Waals surface area contributed by atoms with Crippen molar-refractivity contribution in [2.24, 2.45) is 5.14 Å². The number of ether oxygens (including phenoxy) is 1. The van der Waals surface area contributed by atoms with E-state index in [2.05, 4.69) is 5.32 Å². The molecule has 0 aliphatic carbocycles. The third kappa shape index (κ3) is 3.42. The van der Waals surface area contributed by atoms with Gasteiger partial charge in [-0.15, -0.1) is 0 Å². The Balaban J connectivity index is 1.65. The Kier molecular flexibility index (Phi) is 4.29. The van der Waals surface area contributed by atoms with Crippen LogP contribution in [0.2, 0.25) is 0 Å². The molecule has 0 fully saturated rings. The van der Waals surface area contributed by atoms with Gasteiger partial charge in [-0.2, -0.15) is 0 Å². The van der Waals surface area contributed by atoms with E-state index in [9.17, 15) is 13.2 Å². The molecule has 0 unspecified atom stereocenters. The van der Waals surface area contributed by atoms with Gasteiger partial charge in [-0.1, -0.05) is 30.3 Å². The molecule has 2 atom stereocenters. The predicted octanol–water partition coefficient (Wildman–Crippen LogP) is 1.51. The first-order valence-electron chi connectivity index (χ1n) is 7.52. The van der Waals surface area contributed by atoms with Crippen molar-refractivity contribution in [3.05, 3.63) is 59.7 Å². The number of carbonyl (C=O) groups is 1. The minimum atomic E-state index is -3.72. The van der Waals surface area contributed by atoms with E-state index in [1.54, 1.807) is 12.1 Å². The van der Waals surface area contributed by atoms with Gasteiger partial charge in [0.1, 0.15) is 5.75 Å². The van der Waals surface area contributed by atoms with Crippen LogP contribution >= 0.6 is 0 Å². The van der Waals surface area contributed by atoms with Crippen LogP contribution in [-0.4, -0.2) is 20.4 Å². The summed E-state index contributed by atoms with van der Waals surface area (Å²) in [5, 5.41) is 7.96. The van der Waals surface area contributed by atoms with Gasteiger partial charge in [0.15, 0.2) is 6.10 Å². The number of primary sulfonamides is 1. The molecule has 2 aromatic rings. The van der Waals surface area contributed by atoms with E-state index in [0.29, 0.717) is 6.42 Å². The lowest BCUT2D eigenvalue weighted by atomic mass is 10.1. The number of benzene rings is 2. The fourth-order valence-electron chi connectivity index (χ4n) is 2.66. The maximum atomic E-state index is 12.4. The molecule has 24 heavy (non-hydrogen) atoms. The lowest BCUT2D eigenvalue weighted by molar-refractivity contribution is -0.127. The standard InChI is InChI=1S/C17H18N2O4S/c1-11(12-6-8-14(9-7-12)24(18,21)22)19-17(20)16-10-13-4-2-3-5-15(13)23-16/h2-9,11,16H,10H2,1H3,(H,19,20)(H2,18,21,22)/t11-,16-/m1/s1. The molecule has 1 aliphatic rings. The molecule has 6 nitrogen and oxygen atoms in total. The molecule has 0 bridgehead atoms. The number of sulfonamides is 1. The maximum Gasteiger partial charge on any atom is 0.261 e. The Morgan fingerprint density at radius 2 is 1.88 bits per heavy atom. The summed E-state index contributed by atoms with van der Waals surface area (Å²) in [5.41, 5.74) is 1.80. The van der Waals surface area contributed by atoms with Crippen LogP contribution in [0.3, 0.4) is 0 Å². The van der Waals surface area contributed by atoms with Crippen molar-refractivity contribution >= 4 is 15.9 Å². The first-order valence-corrected chi connectivity index (χ1v) is 9.07. The molecular formula is C17H18N2O4S. The normalized spacial score (nSPS) is 17.7. The highest BCUT2D eigenvalue weighted by Crippen LogP contribution is 2.28. The average molecular weight is 346 g/mol. The summed E-state index contributed by atoms with van der Waals surface area (Å²) in [4.78, 5) is 12.4. The van der Waals surface area contributed by atoms with Gasteiger partial charge in [0.2, 0.25) is 10.0 Å². The lowest BCUT2D eigenvalue weighted by Crippen LogP contribution is -2.38. The third-order valence-corrected chi connectivity index (χ3v) is 4.94. The van der Waals surface area contributed by atoms with Crippen LogP contribution in [0, 0.1) is 0 Å². The van der Waals surface area contributed by atoms with E-state index in [1.165, 1.54) is 12.1 Å². The lowest BCUT2D eigenvalue weighted by Gasteiger charge is -2.17. The third-order valence-electron chi connectivity index (χ3n) is 4.01.